The summed E-state index contributed by atoms with van der Waals surface area (Å²) in [6, 6.07) is 13.4. The summed E-state index contributed by atoms with van der Waals surface area (Å²) in [6.07, 6.45) is 9.89. The third kappa shape index (κ3) is 2.90. The van der Waals surface area contributed by atoms with Gasteiger partial charge in [0.1, 0.15) is 5.82 Å². The van der Waals surface area contributed by atoms with Gasteiger partial charge < -0.3 is 4.98 Å². The number of hydrogen-bond acceptors (Lipinski definition) is 3. The molecule has 0 spiro atoms. The predicted molar refractivity (Wildman–Crippen MR) is 123 cm³/mol. The van der Waals surface area contributed by atoms with E-state index in [1.165, 1.54) is 47.2 Å². The quantitative estimate of drug-likeness (QED) is 0.382. The molecule has 0 bridgehead atoms. The lowest BCUT2D eigenvalue weighted by atomic mass is 9.64. The number of imidazole rings is 1. The van der Waals surface area contributed by atoms with Gasteiger partial charge in [0.25, 0.3) is 0 Å². The number of aromatic amines is 1. The van der Waals surface area contributed by atoms with Crippen molar-refractivity contribution in [2.24, 2.45) is 0 Å². The maximum Gasteiger partial charge on any atom is 0.177 e. The number of H-pyrrole nitrogens is 1. The Morgan fingerprint density at radius 2 is 1.83 bits per heavy atom. The van der Waals surface area contributed by atoms with Crippen LogP contribution in [0.5, 0.6) is 0 Å². The molecule has 0 atom stereocenters. The van der Waals surface area contributed by atoms with Gasteiger partial charge in [-0.05, 0) is 77.4 Å². The van der Waals surface area contributed by atoms with Crippen molar-refractivity contribution < 1.29 is 0 Å². The summed E-state index contributed by atoms with van der Waals surface area (Å²) >= 11 is 3.50. The molecule has 3 aromatic heterocycles. The van der Waals surface area contributed by atoms with Crippen LogP contribution in [0.2, 0.25) is 0 Å². The fraction of sp³-hybridized carbons (Fsp3) is 0.320. The van der Waals surface area contributed by atoms with Crippen LogP contribution in [0.4, 0.5) is 0 Å². The molecule has 2 aliphatic rings. The van der Waals surface area contributed by atoms with Crippen molar-refractivity contribution in [1.82, 2.24) is 19.9 Å². The molecule has 30 heavy (non-hydrogen) atoms. The second-order valence-corrected chi connectivity index (χ2v) is 9.74. The molecule has 4 nitrogen and oxygen atoms in total. The van der Waals surface area contributed by atoms with Gasteiger partial charge in [0.2, 0.25) is 0 Å². The first kappa shape index (κ1) is 18.3. The molecular weight excluding hydrogens is 436 g/mol. The average molecular weight is 459 g/mol. The molecular formula is C25H23BrN4. The largest absolute Gasteiger partial charge is 0.340 e. The van der Waals surface area contributed by atoms with Crippen LogP contribution < -0.4 is 0 Å². The highest BCUT2D eigenvalue weighted by Crippen LogP contribution is 2.48. The van der Waals surface area contributed by atoms with E-state index in [2.05, 4.69) is 75.4 Å². The Hall–Kier alpha value is -2.53. The Kier molecular flexibility index (Phi) is 4.10. The SMILES string of the molecule is Cc1cc(C2CC2)ncc1-c1ccc(C2(c3nc4ncc(Br)cc4[nH]3)CCC2)cc1. The van der Waals surface area contributed by atoms with E-state index in [0.717, 1.165) is 34.3 Å². The minimum atomic E-state index is -0.0329. The number of pyridine rings is 2. The van der Waals surface area contributed by atoms with Crippen LogP contribution in [-0.2, 0) is 5.41 Å². The zero-order valence-corrected chi connectivity index (χ0v) is 18.5. The second-order valence-electron chi connectivity index (χ2n) is 8.82. The van der Waals surface area contributed by atoms with Crippen molar-refractivity contribution in [1.29, 1.82) is 0 Å². The average Bonchev–Trinajstić information content (AvgIpc) is 3.48. The van der Waals surface area contributed by atoms with E-state index in [1.807, 2.05) is 0 Å². The standard InChI is InChI=1S/C25H23BrN4/c1-15-11-21(17-3-4-17)27-14-20(15)16-5-7-18(8-6-16)25(9-2-10-25)24-29-22-12-19(26)13-28-23(22)30-24/h5-8,11-14,17H,2-4,9-10H2,1H3,(H,28,29,30). The molecule has 4 aromatic rings. The maximum atomic E-state index is 4.85. The lowest BCUT2D eigenvalue weighted by Crippen LogP contribution is -2.36. The molecule has 0 radical (unpaired) electrons. The first-order valence-corrected chi connectivity index (χ1v) is 11.5. The molecule has 5 heteroatoms. The first-order valence-electron chi connectivity index (χ1n) is 10.7. The van der Waals surface area contributed by atoms with E-state index >= 15 is 0 Å². The maximum absolute atomic E-state index is 4.85. The zero-order valence-electron chi connectivity index (χ0n) is 17.0. The lowest BCUT2D eigenvalue weighted by molar-refractivity contribution is 0.287. The van der Waals surface area contributed by atoms with Gasteiger partial charge in [-0.3, -0.25) is 4.98 Å². The molecule has 6 rings (SSSR count). The lowest BCUT2D eigenvalue weighted by Gasteiger charge is -2.40. The van der Waals surface area contributed by atoms with Crippen molar-refractivity contribution in [2.75, 3.05) is 0 Å². The molecule has 150 valence electrons. The van der Waals surface area contributed by atoms with E-state index in [1.54, 1.807) is 6.20 Å². The number of aryl methyl sites for hydroxylation is 1. The summed E-state index contributed by atoms with van der Waals surface area (Å²) in [6.45, 7) is 2.20. The van der Waals surface area contributed by atoms with E-state index in [-0.39, 0.29) is 5.41 Å². The summed E-state index contributed by atoms with van der Waals surface area (Å²) in [5.41, 5.74) is 8.10. The third-order valence-corrected chi connectivity index (χ3v) is 7.27. The van der Waals surface area contributed by atoms with E-state index in [9.17, 15) is 0 Å². The number of benzene rings is 1. The summed E-state index contributed by atoms with van der Waals surface area (Å²) < 4.78 is 0.967. The molecule has 2 fully saturated rings. The topological polar surface area (TPSA) is 54.5 Å². The molecule has 2 aliphatic carbocycles. The molecule has 1 aromatic carbocycles. The van der Waals surface area contributed by atoms with Gasteiger partial charge in [0.05, 0.1) is 10.9 Å². The van der Waals surface area contributed by atoms with E-state index in [0.29, 0.717) is 5.92 Å². The molecule has 0 unspecified atom stereocenters. The van der Waals surface area contributed by atoms with Gasteiger partial charge in [0, 0.05) is 34.0 Å². The Morgan fingerprint density at radius 3 is 2.50 bits per heavy atom. The summed E-state index contributed by atoms with van der Waals surface area (Å²) in [5.74, 6) is 1.73. The van der Waals surface area contributed by atoms with Gasteiger partial charge in [-0.15, -0.1) is 0 Å². The number of aromatic nitrogens is 4. The number of hydrogen-bond donors (Lipinski definition) is 1. The summed E-state index contributed by atoms with van der Waals surface area (Å²) in [4.78, 5) is 17.6. The summed E-state index contributed by atoms with van der Waals surface area (Å²) in [5, 5.41) is 0. The van der Waals surface area contributed by atoms with Crippen molar-refractivity contribution >= 4 is 27.1 Å². The molecule has 2 saturated carbocycles. The fourth-order valence-electron chi connectivity index (χ4n) is 4.74. The minimum Gasteiger partial charge on any atom is -0.340 e. The van der Waals surface area contributed by atoms with Gasteiger partial charge in [-0.2, -0.15) is 0 Å². The molecule has 0 amide bonds. The van der Waals surface area contributed by atoms with Crippen LogP contribution in [0.15, 0.2) is 53.3 Å². The second kappa shape index (κ2) is 6.74. The number of rotatable bonds is 4. The number of fused-ring (bicyclic) bond motifs is 1. The predicted octanol–water partition coefficient (Wildman–Crippen LogP) is 6.44. The van der Waals surface area contributed by atoms with Crippen LogP contribution in [0.25, 0.3) is 22.3 Å². The van der Waals surface area contributed by atoms with Crippen LogP contribution >= 0.6 is 15.9 Å². The first-order chi connectivity index (χ1) is 14.6. The smallest absolute Gasteiger partial charge is 0.177 e. The number of nitrogens with zero attached hydrogens (tertiary/aromatic N) is 3. The Labute approximate surface area is 184 Å². The van der Waals surface area contributed by atoms with Crippen molar-refractivity contribution in [3.05, 3.63) is 75.9 Å². The fourth-order valence-corrected chi connectivity index (χ4v) is 5.08. The third-order valence-electron chi connectivity index (χ3n) is 6.84. The van der Waals surface area contributed by atoms with Gasteiger partial charge in [0.15, 0.2) is 5.65 Å². The Balaban J connectivity index is 1.35. The van der Waals surface area contributed by atoms with Crippen LogP contribution in [0.1, 0.15) is 60.7 Å². The highest BCUT2D eigenvalue weighted by Gasteiger charge is 2.43. The zero-order chi connectivity index (χ0) is 20.3. The number of nitrogens with one attached hydrogen (secondary N) is 1. The van der Waals surface area contributed by atoms with Gasteiger partial charge >= 0.3 is 0 Å². The van der Waals surface area contributed by atoms with E-state index in [4.69, 9.17) is 9.97 Å². The Bertz CT molecular complexity index is 1250. The highest BCUT2D eigenvalue weighted by atomic mass is 79.9. The van der Waals surface area contributed by atoms with E-state index < -0.39 is 0 Å². The molecule has 3 heterocycles. The number of halogens is 1. The van der Waals surface area contributed by atoms with Crippen LogP contribution in [-0.4, -0.2) is 19.9 Å². The Morgan fingerprint density at radius 1 is 1.03 bits per heavy atom. The van der Waals surface area contributed by atoms with Crippen LogP contribution in [0, 0.1) is 6.92 Å². The highest BCUT2D eigenvalue weighted by molar-refractivity contribution is 9.10. The molecule has 0 aliphatic heterocycles. The minimum absolute atomic E-state index is 0.0329. The van der Waals surface area contributed by atoms with Gasteiger partial charge in [-0.1, -0.05) is 30.7 Å². The molecule has 0 saturated heterocycles. The van der Waals surface area contributed by atoms with Crippen molar-refractivity contribution in [3.63, 3.8) is 0 Å². The normalized spacial score (nSPS) is 17.8. The molecule has 1 N–H and O–H groups in total. The van der Waals surface area contributed by atoms with Crippen molar-refractivity contribution in [3.8, 4) is 11.1 Å². The van der Waals surface area contributed by atoms with Crippen molar-refractivity contribution in [2.45, 2.75) is 50.4 Å². The van der Waals surface area contributed by atoms with Gasteiger partial charge in [-0.25, -0.2) is 9.97 Å². The monoisotopic (exact) mass is 458 g/mol. The summed E-state index contributed by atoms with van der Waals surface area (Å²) in [7, 11) is 0. The van der Waals surface area contributed by atoms with Crippen LogP contribution in [0.3, 0.4) is 0 Å².